The zero-order chi connectivity index (χ0) is 7.98. The fourth-order valence-electron chi connectivity index (χ4n) is 0.369. The average molecular weight is 160 g/mol. The Labute approximate surface area is 65.9 Å². The number of carbonyl (C=O) groups excluding carboxylic acids is 1. The molecule has 0 aliphatic carbocycles. The van der Waals surface area contributed by atoms with Gasteiger partial charge in [-0.3, -0.25) is 4.79 Å². The molecular weight excluding hydrogens is 150 g/mol. The summed E-state index contributed by atoms with van der Waals surface area (Å²) in [5, 5.41) is 1.80. The Morgan fingerprint density at radius 1 is 1.70 bits per heavy atom. The summed E-state index contributed by atoms with van der Waals surface area (Å²) in [6.45, 7) is 4.30. The quantitative estimate of drug-likeness (QED) is 0.352. The zero-order valence-electron chi connectivity index (χ0n) is 6.07. The lowest BCUT2D eigenvalue weighted by Crippen LogP contribution is -2.16. The highest BCUT2D eigenvalue weighted by Gasteiger charge is 1.87. The van der Waals surface area contributed by atoms with Gasteiger partial charge in [0.05, 0.1) is 6.54 Å². The Balaban J connectivity index is 3.38. The average Bonchev–Trinajstić information content (AvgIpc) is 1.79. The van der Waals surface area contributed by atoms with Crippen LogP contribution in [0.15, 0.2) is 0 Å². The van der Waals surface area contributed by atoms with Crippen LogP contribution in [0.4, 0.5) is 4.79 Å². The van der Waals surface area contributed by atoms with Gasteiger partial charge in [0.1, 0.15) is 0 Å². The third kappa shape index (κ3) is 7.32. The maximum absolute atomic E-state index is 10.1. The molecule has 0 spiro atoms. The van der Waals surface area contributed by atoms with E-state index in [1.807, 2.05) is 13.8 Å². The molecule has 0 aromatic heterocycles. The lowest BCUT2D eigenvalue weighted by Gasteiger charge is -1.90. The number of carbonyl (C=O) groups is 1. The molecule has 0 aliphatic rings. The molecule has 0 fully saturated rings. The maximum Gasteiger partial charge on any atom is 0.314 e. The second-order valence-electron chi connectivity index (χ2n) is 2.10. The number of amides is 1. The molecule has 10 heavy (non-hydrogen) atoms. The standard InChI is InChI=1S/C7H10ClNO/c1-6(2)4-3-5-9-7(8)10/h6H,5H2,1-2H3,(H,9,10). The Kier molecular flexibility index (Phi) is 4.78. The molecule has 3 heteroatoms. The predicted molar refractivity (Wildman–Crippen MR) is 41.9 cm³/mol. The molecule has 0 radical (unpaired) electrons. The monoisotopic (exact) mass is 159 g/mol. The molecule has 1 N–H and O–H groups in total. The van der Waals surface area contributed by atoms with Gasteiger partial charge < -0.3 is 5.32 Å². The number of rotatable bonds is 1. The first kappa shape index (κ1) is 9.32. The lowest BCUT2D eigenvalue weighted by molar-refractivity contribution is 0.260. The molecule has 0 atom stereocenters. The van der Waals surface area contributed by atoms with Crippen LogP contribution in [0.5, 0.6) is 0 Å². The first-order chi connectivity index (χ1) is 4.63. The SMILES string of the molecule is CC(C)C#CCNC(=O)Cl. The van der Waals surface area contributed by atoms with E-state index in [-0.39, 0.29) is 0 Å². The molecule has 0 aromatic rings. The molecule has 56 valence electrons. The van der Waals surface area contributed by atoms with E-state index in [4.69, 9.17) is 11.6 Å². The van der Waals surface area contributed by atoms with E-state index in [1.165, 1.54) is 0 Å². The van der Waals surface area contributed by atoms with Crippen LogP contribution in [-0.4, -0.2) is 11.9 Å². The topological polar surface area (TPSA) is 29.1 Å². The Hall–Kier alpha value is -0.680. The molecule has 0 aromatic carbocycles. The first-order valence-corrected chi connectivity index (χ1v) is 3.42. The highest BCUT2D eigenvalue weighted by atomic mass is 35.5. The molecule has 0 aliphatic heterocycles. The van der Waals surface area contributed by atoms with Crippen molar-refractivity contribution in [3.05, 3.63) is 0 Å². The number of hydrogen-bond acceptors (Lipinski definition) is 1. The molecule has 0 unspecified atom stereocenters. The summed E-state index contributed by atoms with van der Waals surface area (Å²) in [7, 11) is 0. The number of hydrogen-bond donors (Lipinski definition) is 1. The van der Waals surface area contributed by atoms with Gasteiger partial charge in [0, 0.05) is 5.92 Å². The molecule has 0 saturated heterocycles. The Bertz CT molecular complexity index is 166. The van der Waals surface area contributed by atoms with Crippen molar-refractivity contribution in [1.82, 2.24) is 5.32 Å². The predicted octanol–water partition coefficient (Wildman–Crippen LogP) is 1.59. The van der Waals surface area contributed by atoms with Gasteiger partial charge in [-0.1, -0.05) is 25.7 Å². The minimum atomic E-state index is -0.557. The van der Waals surface area contributed by atoms with Gasteiger partial charge in [0.15, 0.2) is 0 Å². The maximum atomic E-state index is 10.1. The summed E-state index contributed by atoms with van der Waals surface area (Å²) in [5.74, 6) is 5.97. The molecule has 0 rings (SSSR count). The highest BCUT2D eigenvalue weighted by Crippen LogP contribution is 1.84. The molecule has 0 saturated carbocycles. The van der Waals surface area contributed by atoms with Crippen molar-refractivity contribution >= 4 is 17.0 Å². The van der Waals surface area contributed by atoms with Crippen LogP contribution >= 0.6 is 11.6 Å². The highest BCUT2D eigenvalue weighted by molar-refractivity contribution is 6.62. The van der Waals surface area contributed by atoms with E-state index in [2.05, 4.69) is 17.2 Å². The van der Waals surface area contributed by atoms with Crippen molar-refractivity contribution in [3.63, 3.8) is 0 Å². The van der Waals surface area contributed by atoms with Crippen LogP contribution in [0.2, 0.25) is 0 Å². The summed E-state index contributed by atoms with van der Waals surface area (Å²) < 4.78 is 0. The van der Waals surface area contributed by atoms with Crippen LogP contribution in [0, 0.1) is 17.8 Å². The van der Waals surface area contributed by atoms with Crippen molar-refractivity contribution in [1.29, 1.82) is 0 Å². The second kappa shape index (κ2) is 5.13. The van der Waals surface area contributed by atoms with Crippen molar-refractivity contribution in [2.45, 2.75) is 13.8 Å². The molecule has 0 heterocycles. The minimum absolute atomic E-state index is 0.334. The van der Waals surface area contributed by atoms with E-state index in [9.17, 15) is 4.79 Å². The summed E-state index contributed by atoms with van der Waals surface area (Å²) >= 11 is 4.98. The minimum Gasteiger partial charge on any atom is -0.332 e. The van der Waals surface area contributed by atoms with Gasteiger partial charge in [-0.05, 0) is 11.6 Å². The van der Waals surface area contributed by atoms with Crippen LogP contribution in [0.3, 0.4) is 0 Å². The van der Waals surface area contributed by atoms with E-state index in [1.54, 1.807) is 0 Å². The van der Waals surface area contributed by atoms with Gasteiger partial charge >= 0.3 is 5.37 Å². The van der Waals surface area contributed by atoms with Crippen molar-refractivity contribution in [3.8, 4) is 11.8 Å². The van der Waals surface area contributed by atoms with E-state index in [0.717, 1.165) is 0 Å². The first-order valence-electron chi connectivity index (χ1n) is 3.04. The van der Waals surface area contributed by atoms with Gasteiger partial charge in [-0.2, -0.15) is 0 Å². The van der Waals surface area contributed by atoms with Crippen molar-refractivity contribution in [2.75, 3.05) is 6.54 Å². The number of halogens is 1. The third-order valence-corrected chi connectivity index (χ3v) is 0.840. The fraction of sp³-hybridized carbons (Fsp3) is 0.571. The van der Waals surface area contributed by atoms with Crippen molar-refractivity contribution < 1.29 is 4.79 Å². The van der Waals surface area contributed by atoms with E-state index in [0.29, 0.717) is 12.5 Å². The molecule has 0 bridgehead atoms. The summed E-state index contributed by atoms with van der Waals surface area (Å²) in [6.07, 6.45) is 0. The smallest absolute Gasteiger partial charge is 0.314 e. The summed E-state index contributed by atoms with van der Waals surface area (Å²) in [5.41, 5.74) is 0. The van der Waals surface area contributed by atoms with E-state index < -0.39 is 5.37 Å². The largest absolute Gasteiger partial charge is 0.332 e. The van der Waals surface area contributed by atoms with Gasteiger partial charge in [-0.15, -0.1) is 0 Å². The second-order valence-corrected chi connectivity index (χ2v) is 2.45. The van der Waals surface area contributed by atoms with Gasteiger partial charge in [0.25, 0.3) is 0 Å². The normalized spacial score (nSPS) is 8.40. The van der Waals surface area contributed by atoms with Crippen LogP contribution in [0.25, 0.3) is 0 Å². The summed E-state index contributed by atoms with van der Waals surface area (Å²) in [4.78, 5) is 10.1. The molecular formula is C7H10ClNO. The molecule has 2 nitrogen and oxygen atoms in total. The Morgan fingerprint density at radius 3 is 2.70 bits per heavy atom. The molecule has 1 amide bonds. The van der Waals surface area contributed by atoms with E-state index >= 15 is 0 Å². The van der Waals surface area contributed by atoms with Crippen LogP contribution in [-0.2, 0) is 0 Å². The summed E-state index contributed by atoms with van der Waals surface area (Å²) in [6, 6.07) is 0. The fourth-order valence-corrected chi connectivity index (χ4v) is 0.436. The third-order valence-electron chi connectivity index (χ3n) is 0.706. The number of nitrogens with one attached hydrogen (secondary N) is 1. The van der Waals surface area contributed by atoms with Gasteiger partial charge in [0.2, 0.25) is 0 Å². The van der Waals surface area contributed by atoms with Crippen molar-refractivity contribution in [2.24, 2.45) is 5.92 Å². The lowest BCUT2D eigenvalue weighted by atomic mass is 10.2. The Morgan fingerprint density at radius 2 is 2.30 bits per heavy atom. The van der Waals surface area contributed by atoms with Gasteiger partial charge in [-0.25, -0.2) is 0 Å². The zero-order valence-corrected chi connectivity index (χ0v) is 6.83. The van der Waals surface area contributed by atoms with Crippen LogP contribution < -0.4 is 5.32 Å². The van der Waals surface area contributed by atoms with Crippen LogP contribution in [0.1, 0.15) is 13.8 Å².